The molecule has 1 aliphatic carbocycles. The Balaban J connectivity index is 1.64. The molecule has 1 amide bonds. The van der Waals surface area contributed by atoms with Crippen LogP contribution in [0.3, 0.4) is 0 Å². The number of carbonyl (C=O) groups is 1. The van der Waals surface area contributed by atoms with Gasteiger partial charge in [-0.25, -0.2) is 9.07 Å². The van der Waals surface area contributed by atoms with Crippen molar-refractivity contribution in [3.63, 3.8) is 0 Å². The molecule has 1 saturated carbocycles. The highest BCUT2D eigenvalue weighted by atomic mass is 35.5. The van der Waals surface area contributed by atoms with E-state index in [0.29, 0.717) is 35.5 Å². The number of alkyl halides is 2. The molecule has 2 heterocycles. The maximum absolute atomic E-state index is 13.4. The lowest BCUT2D eigenvalue weighted by atomic mass is 10.2. The van der Waals surface area contributed by atoms with Crippen molar-refractivity contribution in [1.82, 2.24) is 14.8 Å². The number of nitrogens with one attached hydrogen (secondary N) is 1. The van der Waals surface area contributed by atoms with Crippen molar-refractivity contribution in [1.29, 1.82) is 0 Å². The van der Waals surface area contributed by atoms with Crippen LogP contribution in [0, 0.1) is 5.92 Å². The molecular formula is C20H20ClFN4O3. The third kappa shape index (κ3) is 3.98. The van der Waals surface area contributed by atoms with Crippen molar-refractivity contribution in [2.45, 2.75) is 31.3 Å². The molecule has 9 heteroatoms. The highest BCUT2D eigenvalue weighted by Gasteiger charge is 2.60. The summed E-state index contributed by atoms with van der Waals surface area (Å²) < 4.78 is 26.1. The van der Waals surface area contributed by atoms with Crippen molar-refractivity contribution in [3.05, 3.63) is 42.7 Å². The van der Waals surface area contributed by atoms with E-state index < -0.39 is 17.0 Å². The molecule has 1 aliphatic rings. The molecular weight excluding hydrogens is 399 g/mol. The van der Waals surface area contributed by atoms with Crippen LogP contribution < -0.4 is 10.1 Å². The van der Waals surface area contributed by atoms with Crippen molar-refractivity contribution >= 4 is 23.2 Å². The van der Waals surface area contributed by atoms with Crippen LogP contribution in [0.4, 0.5) is 10.1 Å². The largest absolute Gasteiger partial charge is 0.462 e. The maximum Gasteiger partial charge on any atom is 0.336 e. The summed E-state index contributed by atoms with van der Waals surface area (Å²) in [5.41, 5.74) is 1.09. The SMILES string of the molecule is CC(C)COc1nc(-c2ccco2)n(-c2cccc(NC(=O)[C@@]3(Cl)C[C@@H]3F)c2)n1. The van der Waals surface area contributed by atoms with E-state index in [4.69, 9.17) is 20.8 Å². The Hall–Kier alpha value is -2.87. The Bertz CT molecular complexity index is 1020. The van der Waals surface area contributed by atoms with Crippen LogP contribution >= 0.6 is 11.6 Å². The molecule has 2 atom stereocenters. The van der Waals surface area contributed by atoms with Gasteiger partial charge in [-0.15, -0.1) is 16.7 Å². The second-order valence-electron chi connectivity index (χ2n) is 7.35. The molecule has 0 bridgehead atoms. The predicted molar refractivity (Wildman–Crippen MR) is 106 cm³/mol. The smallest absolute Gasteiger partial charge is 0.336 e. The minimum atomic E-state index is -1.47. The van der Waals surface area contributed by atoms with Gasteiger partial charge in [-0.1, -0.05) is 19.9 Å². The monoisotopic (exact) mass is 418 g/mol. The summed E-state index contributed by atoms with van der Waals surface area (Å²) in [5.74, 6) is 0.730. The average molecular weight is 419 g/mol. The third-order valence-corrected chi connectivity index (χ3v) is 4.98. The quantitative estimate of drug-likeness (QED) is 0.581. The molecule has 152 valence electrons. The molecule has 0 aliphatic heterocycles. The standard InChI is InChI=1S/C20H20ClFN4O3/c1-12(2)11-29-19-24-17(15-7-4-8-28-15)26(25-19)14-6-3-5-13(9-14)23-18(27)20(21)10-16(20)22/h3-9,12,16H,10-11H2,1-2H3,(H,23,27)/t16-,20+/m0/s1. The van der Waals surface area contributed by atoms with Crippen LogP contribution in [-0.4, -0.2) is 38.3 Å². The number of halogens is 2. The number of benzene rings is 1. The van der Waals surface area contributed by atoms with E-state index in [1.54, 1.807) is 47.3 Å². The molecule has 1 aromatic carbocycles. The number of amides is 1. The zero-order chi connectivity index (χ0) is 20.6. The van der Waals surface area contributed by atoms with Gasteiger partial charge in [-0.2, -0.15) is 4.98 Å². The molecule has 1 N–H and O–H groups in total. The van der Waals surface area contributed by atoms with Crippen molar-refractivity contribution < 1.29 is 18.3 Å². The second kappa shape index (κ2) is 7.51. The molecule has 3 aromatic rings. The van der Waals surface area contributed by atoms with Gasteiger partial charge in [0.1, 0.15) is 6.17 Å². The molecule has 0 radical (unpaired) electrons. The third-order valence-electron chi connectivity index (χ3n) is 4.41. The van der Waals surface area contributed by atoms with Crippen LogP contribution in [0.25, 0.3) is 17.3 Å². The van der Waals surface area contributed by atoms with Crippen LogP contribution in [0.1, 0.15) is 20.3 Å². The molecule has 4 rings (SSSR count). The summed E-state index contributed by atoms with van der Waals surface area (Å²) >= 11 is 5.96. The summed E-state index contributed by atoms with van der Waals surface area (Å²) in [4.78, 5) is 15.2. The summed E-state index contributed by atoms with van der Waals surface area (Å²) in [6.07, 6.45) is 0.235. The minimum Gasteiger partial charge on any atom is -0.462 e. The molecule has 2 aromatic heterocycles. The first-order valence-electron chi connectivity index (χ1n) is 9.25. The highest BCUT2D eigenvalue weighted by Crippen LogP contribution is 2.46. The fourth-order valence-electron chi connectivity index (χ4n) is 2.73. The fraction of sp³-hybridized carbons (Fsp3) is 0.350. The minimum absolute atomic E-state index is 0.0162. The Morgan fingerprint density at radius 1 is 1.45 bits per heavy atom. The lowest BCUT2D eigenvalue weighted by Gasteiger charge is -2.10. The number of furan rings is 1. The van der Waals surface area contributed by atoms with Gasteiger partial charge < -0.3 is 14.5 Å². The van der Waals surface area contributed by atoms with Crippen molar-refractivity contribution in [3.8, 4) is 23.3 Å². The number of anilines is 1. The van der Waals surface area contributed by atoms with Crippen LogP contribution in [0.15, 0.2) is 47.1 Å². The van der Waals surface area contributed by atoms with E-state index in [2.05, 4.69) is 15.4 Å². The fourth-order valence-corrected chi connectivity index (χ4v) is 2.91. The zero-order valence-corrected chi connectivity index (χ0v) is 16.7. The van der Waals surface area contributed by atoms with Crippen LogP contribution in [-0.2, 0) is 4.79 Å². The Labute approximate surface area is 171 Å². The van der Waals surface area contributed by atoms with E-state index in [0.717, 1.165) is 0 Å². The Morgan fingerprint density at radius 3 is 2.90 bits per heavy atom. The summed E-state index contributed by atoms with van der Waals surface area (Å²) in [5, 5.41) is 7.09. The number of aromatic nitrogens is 3. The first kappa shape index (κ1) is 19.4. The number of hydrogen-bond acceptors (Lipinski definition) is 5. The number of carbonyl (C=O) groups excluding carboxylic acids is 1. The van der Waals surface area contributed by atoms with Crippen LogP contribution in [0.5, 0.6) is 6.01 Å². The molecule has 1 fully saturated rings. The molecule has 0 spiro atoms. The van der Waals surface area contributed by atoms with Gasteiger partial charge in [0.25, 0.3) is 0 Å². The van der Waals surface area contributed by atoms with Crippen LogP contribution in [0.2, 0.25) is 0 Å². The number of ether oxygens (including phenoxy) is 1. The molecule has 29 heavy (non-hydrogen) atoms. The highest BCUT2D eigenvalue weighted by molar-refractivity contribution is 6.39. The van der Waals surface area contributed by atoms with Gasteiger partial charge in [-0.05, 0) is 36.2 Å². The molecule has 0 saturated heterocycles. The normalized spacial score (nSPS) is 20.7. The summed E-state index contributed by atoms with van der Waals surface area (Å²) in [7, 11) is 0. The van der Waals surface area contributed by atoms with E-state index in [1.807, 2.05) is 13.8 Å². The van der Waals surface area contributed by atoms with Gasteiger partial charge in [-0.3, -0.25) is 4.79 Å². The Kier molecular flexibility index (Phi) is 5.04. The van der Waals surface area contributed by atoms with E-state index in [9.17, 15) is 9.18 Å². The summed E-state index contributed by atoms with van der Waals surface area (Å²) in [6, 6.07) is 10.7. The maximum atomic E-state index is 13.4. The van der Waals surface area contributed by atoms with Crippen molar-refractivity contribution in [2.24, 2.45) is 5.92 Å². The molecule has 7 nitrogen and oxygen atoms in total. The zero-order valence-electron chi connectivity index (χ0n) is 15.9. The lowest BCUT2D eigenvalue weighted by Crippen LogP contribution is -2.27. The number of nitrogens with zero attached hydrogens (tertiary/aromatic N) is 3. The number of rotatable bonds is 7. The molecule has 0 unspecified atom stereocenters. The van der Waals surface area contributed by atoms with Crippen molar-refractivity contribution in [2.75, 3.05) is 11.9 Å². The Morgan fingerprint density at radius 2 is 2.24 bits per heavy atom. The van der Waals surface area contributed by atoms with E-state index in [1.165, 1.54) is 0 Å². The van der Waals surface area contributed by atoms with Gasteiger partial charge in [0.2, 0.25) is 11.7 Å². The number of hydrogen-bond donors (Lipinski definition) is 1. The second-order valence-corrected chi connectivity index (χ2v) is 8.02. The van der Waals surface area contributed by atoms with E-state index >= 15 is 0 Å². The van der Waals surface area contributed by atoms with Gasteiger partial charge in [0.05, 0.1) is 18.6 Å². The van der Waals surface area contributed by atoms with E-state index in [-0.39, 0.29) is 12.4 Å². The van der Waals surface area contributed by atoms with Gasteiger partial charge >= 0.3 is 6.01 Å². The first-order valence-corrected chi connectivity index (χ1v) is 9.63. The summed E-state index contributed by atoms with van der Waals surface area (Å²) in [6.45, 7) is 4.53. The lowest BCUT2D eigenvalue weighted by molar-refractivity contribution is -0.116. The topological polar surface area (TPSA) is 82.2 Å². The first-order chi connectivity index (χ1) is 13.9. The van der Waals surface area contributed by atoms with Gasteiger partial charge in [0.15, 0.2) is 10.6 Å². The predicted octanol–water partition coefficient (Wildman–Crippen LogP) is 4.22. The average Bonchev–Trinajstić information content (AvgIpc) is 3.12. The van der Waals surface area contributed by atoms with Gasteiger partial charge in [0, 0.05) is 12.1 Å².